The fourth-order valence-electron chi connectivity index (χ4n) is 3.04. The Bertz CT molecular complexity index is 812. The van der Waals surface area contributed by atoms with E-state index in [2.05, 4.69) is 27.4 Å². The molecule has 1 aromatic carbocycles. The zero-order valence-electron chi connectivity index (χ0n) is 18.2. The van der Waals surface area contributed by atoms with Crippen LogP contribution in [0.15, 0.2) is 24.3 Å². The summed E-state index contributed by atoms with van der Waals surface area (Å²) in [4.78, 5) is 38.9. The summed E-state index contributed by atoms with van der Waals surface area (Å²) < 4.78 is 10.2. The number of nitrogens with one attached hydrogen (secondary N) is 3. The minimum Gasteiger partial charge on any atom is -0.379 e. The first-order chi connectivity index (χ1) is 15.5. The Morgan fingerprint density at radius 2 is 1.94 bits per heavy atom. The van der Waals surface area contributed by atoms with E-state index in [1.165, 1.54) is 5.48 Å². The Hall–Kier alpha value is -2.97. The lowest BCUT2D eigenvalue weighted by Gasteiger charge is -2.27. The van der Waals surface area contributed by atoms with Crippen LogP contribution in [0.3, 0.4) is 0 Å². The van der Waals surface area contributed by atoms with E-state index in [0.29, 0.717) is 38.5 Å². The highest BCUT2D eigenvalue weighted by Crippen LogP contribution is 2.06. The predicted octanol–water partition coefficient (Wildman–Crippen LogP) is -0.483. The molecule has 10 heteroatoms. The van der Waals surface area contributed by atoms with Gasteiger partial charge in [0.2, 0.25) is 11.8 Å². The van der Waals surface area contributed by atoms with Gasteiger partial charge in [-0.2, -0.15) is 0 Å². The normalized spacial score (nSPS) is 14.6. The highest BCUT2D eigenvalue weighted by molar-refractivity contribution is 5.97. The minimum atomic E-state index is -0.925. The largest absolute Gasteiger partial charge is 0.379 e. The van der Waals surface area contributed by atoms with Crippen molar-refractivity contribution in [2.45, 2.75) is 18.9 Å². The van der Waals surface area contributed by atoms with E-state index in [0.717, 1.165) is 18.7 Å². The Balaban J connectivity index is 1.94. The highest BCUT2D eigenvalue weighted by Gasteiger charge is 2.22. The smallest absolute Gasteiger partial charge is 0.251 e. The molecule has 1 aliphatic heterocycles. The third-order valence-corrected chi connectivity index (χ3v) is 4.83. The lowest BCUT2D eigenvalue weighted by Crippen LogP contribution is -2.49. The molecule has 1 fully saturated rings. The van der Waals surface area contributed by atoms with Crippen LogP contribution in [0, 0.1) is 11.8 Å². The van der Waals surface area contributed by atoms with Gasteiger partial charge in [-0.3, -0.25) is 24.5 Å². The lowest BCUT2D eigenvalue weighted by molar-refractivity contribution is -0.129. The second-order valence-corrected chi connectivity index (χ2v) is 7.16. The topological polar surface area (TPSA) is 129 Å². The van der Waals surface area contributed by atoms with E-state index in [-0.39, 0.29) is 18.7 Å². The Kier molecular flexibility index (Phi) is 11.2. The van der Waals surface area contributed by atoms with Gasteiger partial charge in [-0.05, 0) is 30.7 Å². The fourth-order valence-corrected chi connectivity index (χ4v) is 3.04. The van der Waals surface area contributed by atoms with Crippen LogP contribution in [0.4, 0.5) is 0 Å². The van der Waals surface area contributed by atoms with Crippen LogP contribution in [0.25, 0.3) is 0 Å². The molecule has 0 aliphatic carbocycles. The zero-order valence-corrected chi connectivity index (χ0v) is 18.2. The van der Waals surface area contributed by atoms with E-state index in [1.54, 1.807) is 31.4 Å². The molecule has 0 saturated carbocycles. The van der Waals surface area contributed by atoms with E-state index in [9.17, 15) is 14.4 Å². The minimum absolute atomic E-state index is 0.0437. The number of benzene rings is 1. The molecule has 0 bridgehead atoms. The Morgan fingerprint density at radius 1 is 1.22 bits per heavy atom. The number of rotatable bonds is 10. The van der Waals surface area contributed by atoms with E-state index in [1.807, 2.05) is 0 Å². The molecule has 0 aromatic heterocycles. The number of carbonyl (C=O) groups is 3. The molecule has 0 radical (unpaired) electrons. The lowest BCUT2D eigenvalue weighted by atomic mass is 10.1. The average molecular weight is 447 g/mol. The van der Waals surface area contributed by atoms with Crippen molar-refractivity contribution < 1.29 is 29.1 Å². The maximum Gasteiger partial charge on any atom is 0.251 e. The summed E-state index contributed by atoms with van der Waals surface area (Å²) >= 11 is 0. The molecule has 1 unspecified atom stereocenters. The van der Waals surface area contributed by atoms with Gasteiger partial charge in [-0.1, -0.05) is 11.8 Å². The van der Waals surface area contributed by atoms with Gasteiger partial charge in [0.15, 0.2) is 0 Å². The number of hydroxylamine groups is 1. The second kappa shape index (κ2) is 14.2. The molecule has 2 rings (SSSR count). The number of ether oxygens (including phenoxy) is 2. The van der Waals surface area contributed by atoms with Crippen molar-refractivity contribution in [1.82, 2.24) is 21.0 Å². The number of nitrogens with zero attached hydrogens (tertiary/aromatic N) is 1. The van der Waals surface area contributed by atoms with Crippen molar-refractivity contribution in [2.75, 3.05) is 53.1 Å². The molecule has 1 heterocycles. The van der Waals surface area contributed by atoms with Gasteiger partial charge >= 0.3 is 0 Å². The van der Waals surface area contributed by atoms with Crippen molar-refractivity contribution in [2.24, 2.45) is 0 Å². The monoisotopic (exact) mass is 446 g/mol. The van der Waals surface area contributed by atoms with Crippen LogP contribution < -0.4 is 16.1 Å². The molecule has 10 nitrogen and oxygen atoms in total. The number of hydrogen-bond acceptors (Lipinski definition) is 7. The quantitative estimate of drug-likeness (QED) is 0.217. The molecule has 32 heavy (non-hydrogen) atoms. The third-order valence-electron chi connectivity index (χ3n) is 4.83. The Morgan fingerprint density at radius 3 is 2.59 bits per heavy atom. The molecule has 1 saturated heterocycles. The molecule has 4 N–H and O–H groups in total. The average Bonchev–Trinajstić information content (AvgIpc) is 2.82. The van der Waals surface area contributed by atoms with Gasteiger partial charge in [-0.15, -0.1) is 0 Å². The third kappa shape index (κ3) is 9.03. The maximum atomic E-state index is 12.7. The van der Waals surface area contributed by atoms with Crippen LogP contribution in [0.1, 0.15) is 28.8 Å². The summed E-state index contributed by atoms with van der Waals surface area (Å²) in [5, 5.41) is 14.2. The van der Waals surface area contributed by atoms with Crippen molar-refractivity contribution >= 4 is 17.7 Å². The molecule has 1 aliphatic rings. The second-order valence-electron chi connectivity index (χ2n) is 7.16. The molecule has 3 amide bonds. The summed E-state index contributed by atoms with van der Waals surface area (Å²) in [6.45, 7) is 4.33. The molecule has 174 valence electrons. The van der Waals surface area contributed by atoms with Crippen LogP contribution >= 0.6 is 0 Å². The van der Waals surface area contributed by atoms with Crippen molar-refractivity contribution in [3.05, 3.63) is 35.4 Å². The maximum absolute atomic E-state index is 12.7. The predicted molar refractivity (Wildman–Crippen MR) is 116 cm³/mol. The van der Waals surface area contributed by atoms with Crippen molar-refractivity contribution in [3.8, 4) is 11.8 Å². The van der Waals surface area contributed by atoms with Crippen molar-refractivity contribution in [1.29, 1.82) is 0 Å². The van der Waals surface area contributed by atoms with E-state index >= 15 is 0 Å². The number of amides is 3. The summed E-state index contributed by atoms with van der Waals surface area (Å²) in [6.07, 6.45) is -0.0749. The number of morpholine rings is 1. The highest BCUT2D eigenvalue weighted by atomic mass is 16.5. The number of carbonyl (C=O) groups excluding carboxylic acids is 3. The summed E-state index contributed by atoms with van der Waals surface area (Å²) in [7, 11) is 1.56. The van der Waals surface area contributed by atoms with Gasteiger partial charge in [0.05, 0.1) is 13.2 Å². The number of hydrogen-bond donors (Lipinski definition) is 4. The van der Waals surface area contributed by atoms with Gasteiger partial charge in [0.1, 0.15) is 12.6 Å². The van der Waals surface area contributed by atoms with Gasteiger partial charge < -0.3 is 20.1 Å². The molecular formula is C22H30N4O6. The van der Waals surface area contributed by atoms with E-state index < -0.39 is 17.9 Å². The number of methoxy groups -OCH3 is 1. The first kappa shape index (κ1) is 25.3. The molecule has 0 spiro atoms. The van der Waals surface area contributed by atoms with Crippen LogP contribution in [-0.2, 0) is 19.1 Å². The molecular weight excluding hydrogens is 416 g/mol. The van der Waals surface area contributed by atoms with Gasteiger partial charge in [-0.25, -0.2) is 5.48 Å². The zero-order chi connectivity index (χ0) is 23.2. The SMILES string of the molecule is COCC#Cc1ccc(C(=O)NC(CCC(=O)NO)C(=O)NCCN2CCOCC2)cc1. The fraction of sp³-hybridized carbons (Fsp3) is 0.500. The van der Waals surface area contributed by atoms with Gasteiger partial charge in [0.25, 0.3) is 5.91 Å². The summed E-state index contributed by atoms with van der Waals surface area (Å²) in [5.74, 6) is 4.27. The first-order valence-electron chi connectivity index (χ1n) is 10.4. The summed E-state index contributed by atoms with van der Waals surface area (Å²) in [5.41, 5.74) is 2.63. The van der Waals surface area contributed by atoms with Crippen molar-refractivity contribution in [3.63, 3.8) is 0 Å². The summed E-state index contributed by atoms with van der Waals surface area (Å²) in [6, 6.07) is 5.70. The van der Waals surface area contributed by atoms with Gasteiger partial charge in [0, 0.05) is 50.8 Å². The Labute approximate surface area is 187 Å². The molecule has 1 aromatic rings. The van der Waals surface area contributed by atoms with Crippen LogP contribution in [0.5, 0.6) is 0 Å². The molecule has 1 atom stereocenters. The first-order valence-corrected chi connectivity index (χ1v) is 10.4. The van der Waals surface area contributed by atoms with E-state index in [4.69, 9.17) is 14.7 Å². The standard InChI is InChI=1S/C22H30N4O6/c1-31-14-2-3-17-4-6-18(7-5-17)21(28)24-19(8-9-20(27)25-30)22(29)23-10-11-26-12-15-32-16-13-26/h4-7,19,30H,8-16H2,1H3,(H,23,29)(H,24,28)(H,25,27). The van der Waals surface area contributed by atoms with Crippen LogP contribution in [-0.4, -0.2) is 87.0 Å². The van der Waals surface area contributed by atoms with Crippen LogP contribution in [0.2, 0.25) is 0 Å².